The van der Waals surface area contributed by atoms with Crippen molar-refractivity contribution in [2.24, 2.45) is 0 Å². The van der Waals surface area contributed by atoms with Gasteiger partial charge in [-0.1, -0.05) is 24.8 Å². The van der Waals surface area contributed by atoms with Crippen molar-refractivity contribution in [3.63, 3.8) is 0 Å². The van der Waals surface area contributed by atoms with Crippen molar-refractivity contribution in [2.45, 2.75) is 6.92 Å². The summed E-state index contributed by atoms with van der Waals surface area (Å²) in [6.07, 6.45) is 3.90. The highest BCUT2D eigenvalue weighted by Gasteiger charge is 2.04. The highest BCUT2D eigenvalue weighted by Crippen LogP contribution is 2.17. The fourth-order valence-corrected chi connectivity index (χ4v) is 1.12. The van der Waals surface area contributed by atoms with Gasteiger partial charge in [0.2, 0.25) is 5.69 Å². The smallest absolute Gasteiger partial charge is 0.205 e. The van der Waals surface area contributed by atoms with Gasteiger partial charge in [0, 0.05) is 18.6 Å². The van der Waals surface area contributed by atoms with Crippen LogP contribution in [0.25, 0.3) is 6.08 Å². The molecule has 0 bridgehead atoms. The van der Waals surface area contributed by atoms with Gasteiger partial charge in [0.25, 0.3) is 0 Å². The Morgan fingerprint density at radius 1 is 1.33 bits per heavy atom. The Morgan fingerprint density at radius 3 is 2.58 bits per heavy atom. The van der Waals surface area contributed by atoms with Crippen molar-refractivity contribution < 1.29 is 4.58 Å². The van der Waals surface area contributed by atoms with Gasteiger partial charge in [-0.3, -0.25) is 0 Å². The molecule has 0 amide bonds. The Bertz CT molecular complexity index is 311. The fourth-order valence-electron chi connectivity index (χ4n) is 1.12. The Hall–Kier alpha value is -1.37. The van der Waals surface area contributed by atoms with Crippen LogP contribution in [0.3, 0.4) is 0 Å². The van der Waals surface area contributed by atoms with Gasteiger partial charge in [0.05, 0.1) is 0 Å². The van der Waals surface area contributed by atoms with Gasteiger partial charge in [0.15, 0.2) is 0 Å². The molecule has 1 nitrogen and oxygen atoms in total. The van der Waals surface area contributed by atoms with E-state index in [1.165, 1.54) is 5.69 Å². The Kier molecular flexibility index (Phi) is 2.81. The molecule has 1 rings (SSSR count). The van der Waals surface area contributed by atoms with Crippen LogP contribution < -0.4 is 0 Å². The molecular weight excluding hydrogens is 146 g/mol. The van der Waals surface area contributed by atoms with Crippen LogP contribution in [-0.2, 0) is 0 Å². The minimum absolute atomic E-state index is 1.16. The highest BCUT2D eigenvalue weighted by molar-refractivity contribution is 5.61. The fraction of sp³-hybridized carbons (Fsp3) is 0.182. The van der Waals surface area contributed by atoms with Crippen LogP contribution in [0.5, 0.6) is 0 Å². The Morgan fingerprint density at radius 2 is 2.00 bits per heavy atom. The third-order valence-electron chi connectivity index (χ3n) is 1.92. The maximum absolute atomic E-state index is 3.77. The normalized spacial score (nSPS) is 11.3. The van der Waals surface area contributed by atoms with Crippen LogP contribution in [0.2, 0.25) is 0 Å². The van der Waals surface area contributed by atoms with Crippen LogP contribution in [-0.4, -0.2) is 17.8 Å². The molecule has 0 saturated carbocycles. The quantitative estimate of drug-likeness (QED) is 0.462. The van der Waals surface area contributed by atoms with E-state index in [-0.39, 0.29) is 0 Å². The number of hydrogen-bond acceptors (Lipinski definition) is 0. The van der Waals surface area contributed by atoms with E-state index < -0.39 is 0 Å². The number of para-hydroxylation sites is 1. The van der Waals surface area contributed by atoms with Gasteiger partial charge in [-0.25, -0.2) is 4.58 Å². The predicted molar refractivity (Wildman–Crippen MR) is 54.1 cm³/mol. The lowest BCUT2D eigenvalue weighted by atomic mass is 10.2. The minimum atomic E-state index is 1.16. The summed E-state index contributed by atoms with van der Waals surface area (Å²) in [5.74, 6) is 0. The minimum Gasteiger partial charge on any atom is -0.205 e. The SMILES string of the molecule is C=Cc1ccccc1[N+](C)=CC. The lowest BCUT2D eigenvalue weighted by Crippen LogP contribution is -1.98. The van der Waals surface area contributed by atoms with Crippen LogP contribution >= 0.6 is 0 Å². The van der Waals surface area contributed by atoms with Crippen molar-refractivity contribution in [1.29, 1.82) is 0 Å². The summed E-state index contributed by atoms with van der Waals surface area (Å²) in [4.78, 5) is 0. The van der Waals surface area contributed by atoms with Gasteiger partial charge in [-0.15, -0.1) is 0 Å². The van der Waals surface area contributed by atoms with Crippen molar-refractivity contribution in [3.05, 3.63) is 36.4 Å². The monoisotopic (exact) mass is 160 g/mol. The van der Waals surface area contributed by atoms with E-state index in [1.54, 1.807) is 0 Å². The van der Waals surface area contributed by atoms with Crippen LogP contribution in [0.1, 0.15) is 12.5 Å². The second-order valence-corrected chi connectivity index (χ2v) is 2.63. The largest absolute Gasteiger partial charge is 0.211 e. The molecule has 1 aromatic rings. The summed E-state index contributed by atoms with van der Waals surface area (Å²) in [6.45, 7) is 5.78. The summed E-state index contributed by atoms with van der Waals surface area (Å²) < 4.78 is 2.08. The molecule has 0 fully saturated rings. The van der Waals surface area contributed by atoms with Crippen LogP contribution in [0.4, 0.5) is 5.69 Å². The molecule has 0 aliphatic carbocycles. The first-order valence-electron chi connectivity index (χ1n) is 4.03. The van der Waals surface area contributed by atoms with Crippen molar-refractivity contribution >= 4 is 18.0 Å². The molecule has 1 heteroatoms. The molecule has 1 aromatic carbocycles. The summed E-state index contributed by atoms with van der Waals surface area (Å²) >= 11 is 0. The molecule has 12 heavy (non-hydrogen) atoms. The van der Waals surface area contributed by atoms with Crippen LogP contribution in [0, 0.1) is 0 Å². The van der Waals surface area contributed by atoms with E-state index in [4.69, 9.17) is 0 Å². The third kappa shape index (κ3) is 1.62. The zero-order valence-electron chi connectivity index (χ0n) is 7.62. The third-order valence-corrected chi connectivity index (χ3v) is 1.92. The predicted octanol–water partition coefficient (Wildman–Crippen LogP) is 2.69. The van der Waals surface area contributed by atoms with Crippen molar-refractivity contribution in [3.8, 4) is 0 Å². The molecule has 0 radical (unpaired) electrons. The maximum atomic E-state index is 3.77. The van der Waals surface area contributed by atoms with E-state index in [0.29, 0.717) is 0 Å². The lowest BCUT2D eigenvalue weighted by molar-refractivity contribution is -0.400. The van der Waals surface area contributed by atoms with Crippen molar-refractivity contribution in [2.75, 3.05) is 7.05 Å². The Balaban J connectivity index is 3.22. The van der Waals surface area contributed by atoms with E-state index in [1.807, 2.05) is 38.4 Å². The molecule has 0 unspecified atom stereocenters. The molecule has 0 atom stereocenters. The summed E-state index contributed by atoms with van der Waals surface area (Å²) in [5.41, 5.74) is 2.35. The topological polar surface area (TPSA) is 3.01 Å². The standard InChI is InChI=1S/C11H14N/c1-4-10-8-6-7-9-11(10)12(3)5-2/h4-9H,1H2,2-3H3/q+1. The summed E-state index contributed by atoms with van der Waals surface area (Å²) in [5, 5.41) is 0. The van der Waals surface area contributed by atoms with E-state index in [2.05, 4.69) is 23.3 Å². The zero-order valence-corrected chi connectivity index (χ0v) is 7.62. The first kappa shape index (κ1) is 8.72. The van der Waals surface area contributed by atoms with Gasteiger partial charge in [-0.05, 0) is 6.07 Å². The Labute approximate surface area is 73.7 Å². The van der Waals surface area contributed by atoms with E-state index in [9.17, 15) is 0 Å². The van der Waals surface area contributed by atoms with Gasteiger partial charge in [-0.2, -0.15) is 0 Å². The second kappa shape index (κ2) is 3.86. The van der Waals surface area contributed by atoms with Gasteiger partial charge >= 0.3 is 0 Å². The average Bonchev–Trinajstić information content (AvgIpc) is 2.16. The molecule has 62 valence electrons. The molecule has 0 heterocycles. The number of rotatable bonds is 2. The second-order valence-electron chi connectivity index (χ2n) is 2.63. The van der Waals surface area contributed by atoms with E-state index >= 15 is 0 Å². The average molecular weight is 160 g/mol. The van der Waals surface area contributed by atoms with Crippen molar-refractivity contribution in [1.82, 2.24) is 0 Å². The lowest BCUT2D eigenvalue weighted by Gasteiger charge is -1.98. The molecular formula is C11H14N+. The molecule has 0 N–H and O–H groups in total. The molecule has 0 aliphatic heterocycles. The van der Waals surface area contributed by atoms with Gasteiger partial charge < -0.3 is 0 Å². The van der Waals surface area contributed by atoms with Crippen LogP contribution in [0.15, 0.2) is 30.8 Å². The molecule has 0 aliphatic rings. The summed E-state index contributed by atoms with van der Waals surface area (Å²) in [6, 6.07) is 8.19. The number of nitrogens with zero attached hydrogens (tertiary/aromatic N) is 1. The summed E-state index contributed by atoms with van der Waals surface area (Å²) in [7, 11) is 2.03. The maximum Gasteiger partial charge on any atom is 0.211 e. The first-order valence-corrected chi connectivity index (χ1v) is 4.03. The molecule has 0 aromatic heterocycles. The molecule has 0 spiro atoms. The number of hydrogen-bond donors (Lipinski definition) is 0. The molecule has 0 saturated heterocycles. The van der Waals surface area contributed by atoms with Gasteiger partial charge in [0.1, 0.15) is 13.3 Å². The highest BCUT2D eigenvalue weighted by atomic mass is 15.0. The first-order chi connectivity index (χ1) is 5.79. The zero-order chi connectivity index (χ0) is 8.97. The van der Waals surface area contributed by atoms with E-state index in [0.717, 1.165) is 5.56 Å². The number of benzene rings is 1.